The molecule has 0 aliphatic carbocycles. The van der Waals surface area contributed by atoms with Crippen molar-refractivity contribution >= 4 is 22.9 Å². The van der Waals surface area contributed by atoms with Crippen molar-refractivity contribution in [2.24, 2.45) is 20.9 Å². The summed E-state index contributed by atoms with van der Waals surface area (Å²) in [5.41, 5.74) is 15.2. The lowest BCUT2D eigenvalue weighted by Gasteiger charge is -2.15. The van der Waals surface area contributed by atoms with Crippen LogP contribution in [-0.2, 0) is 0 Å². The Bertz CT molecular complexity index is 831. The van der Waals surface area contributed by atoms with E-state index in [1.807, 2.05) is 61.6 Å². The van der Waals surface area contributed by atoms with Crippen molar-refractivity contribution in [2.75, 3.05) is 25.6 Å². The van der Waals surface area contributed by atoms with E-state index < -0.39 is 6.35 Å². The van der Waals surface area contributed by atoms with Crippen molar-refractivity contribution in [1.29, 1.82) is 5.53 Å². The summed E-state index contributed by atoms with van der Waals surface area (Å²) in [4.78, 5) is 6.87. The number of nitrogens with zero attached hydrogens (tertiary/aromatic N) is 5. The van der Waals surface area contributed by atoms with Gasteiger partial charge in [0, 0.05) is 13.0 Å². The molecular formula is C19H23N7O. The Balaban J connectivity index is 1.83. The number of amidine groups is 1. The van der Waals surface area contributed by atoms with E-state index in [0.717, 1.165) is 29.5 Å². The molecule has 0 bridgehead atoms. The van der Waals surface area contributed by atoms with Crippen LogP contribution >= 0.6 is 0 Å². The molecule has 0 aromatic heterocycles. The number of rotatable bonds is 7. The number of nitrogens with two attached hydrogens (primary N) is 1. The second-order valence-electron chi connectivity index (χ2n) is 6.39. The second-order valence-corrected chi connectivity index (χ2v) is 6.39. The summed E-state index contributed by atoms with van der Waals surface area (Å²) in [7, 11) is 4.05. The fourth-order valence-corrected chi connectivity index (χ4v) is 2.72. The Morgan fingerprint density at radius 1 is 1.19 bits per heavy atom. The molecule has 2 aromatic rings. The molecule has 1 heterocycles. The van der Waals surface area contributed by atoms with Crippen molar-refractivity contribution in [2.45, 2.75) is 12.8 Å². The highest BCUT2D eigenvalue weighted by Crippen LogP contribution is 2.25. The zero-order valence-electron chi connectivity index (χ0n) is 15.4. The van der Waals surface area contributed by atoms with Gasteiger partial charge in [0.2, 0.25) is 0 Å². The standard InChI is InChI=1S/C19H23N7O/c1-25(2)13-15-12-18(26(24-15)16-6-4-3-5-7-16)22-14-8-10-17(11-9-14)27-19(20)23-21/h3-11,19,21H,12-13,20H2,1-2H3. The molecule has 8 heteroatoms. The van der Waals surface area contributed by atoms with Crippen LogP contribution in [0.3, 0.4) is 0 Å². The number of hydrazone groups is 1. The summed E-state index contributed by atoms with van der Waals surface area (Å²) in [5, 5.41) is 9.75. The molecule has 3 rings (SSSR count). The molecule has 2 aromatic carbocycles. The van der Waals surface area contributed by atoms with E-state index in [-0.39, 0.29) is 0 Å². The smallest absolute Gasteiger partial charge is 0.262 e. The lowest BCUT2D eigenvalue weighted by atomic mass is 10.2. The average Bonchev–Trinajstić information content (AvgIpc) is 3.05. The Hall–Kier alpha value is -3.10. The summed E-state index contributed by atoms with van der Waals surface area (Å²) in [6, 6.07) is 17.2. The van der Waals surface area contributed by atoms with E-state index in [9.17, 15) is 0 Å². The number of ether oxygens (including phenoxy) is 1. The minimum absolute atomic E-state index is 0.540. The molecule has 27 heavy (non-hydrogen) atoms. The summed E-state index contributed by atoms with van der Waals surface area (Å²) in [6.45, 7) is 0.781. The maximum Gasteiger partial charge on any atom is 0.262 e. The number of anilines is 1. The van der Waals surface area contributed by atoms with Crippen molar-refractivity contribution in [3.05, 3.63) is 54.6 Å². The van der Waals surface area contributed by atoms with Gasteiger partial charge in [-0.05, 0) is 50.5 Å². The van der Waals surface area contributed by atoms with E-state index in [2.05, 4.69) is 10.0 Å². The number of aliphatic imine (C=N–C) groups is 1. The summed E-state index contributed by atoms with van der Waals surface area (Å²) in [5.74, 6) is 1.41. The van der Waals surface area contributed by atoms with Gasteiger partial charge in [-0.3, -0.25) is 5.73 Å². The molecule has 8 nitrogen and oxygen atoms in total. The minimum Gasteiger partial charge on any atom is -0.454 e. The first-order chi connectivity index (χ1) is 13.0. The topological polar surface area (TPSA) is 103 Å². The van der Waals surface area contributed by atoms with E-state index in [1.54, 1.807) is 12.1 Å². The van der Waals surface area contributed by atoms with E-state index in [1.165, 1.54) is 0 Å². The zero-order chi connectivity index (χ0) is 19.2. The summed E-state index contributed by atoms with van der Waals surface area (Å²) in [6.07, 6.45) is -0.305. The molecular weight excluding hydrogens is 342 g/mol. The lowest BCUT2D eigenvalue weighted by Crippen LogP contribution is -2.23. The average molecular weight is 365 g/mol. The van der Waals surface area contributed by atoms with Gasteiger partial charge in [-0.25, -0.2) is 15.5 Å². The largest absolute Gasteiger partial charge is 0.454 e. The fraction of sp³-hybridized carbons (Fsp3) is 0.263. The molecule has 140 valence electrons. The molecule has 0 fully saturated rings. The van der Waals surface area contributed by atoms with Crippen LogP contribution < -0.4 is 15.5 Å². The zero-order valence-corrected chi connectivity index (χ0v) is 15.4. The molecule has 0 spiro atoms. The maximum atomic E-state index is 6.85. The third-order valence-electron chi connectivity index (χ3n) is 3.83. The van der Waals surface area contributed by atoms with E-state index in [4.69, 9.17) is 26.1 Å². The van der Waals surface area contributed by atoms with Crippen LogP contribution in [0.15, 0.2) is 69.8 Å². The summed E-state index contributed by atoms with van der Waals surface area (Å²) < 4.78 is 5.28. The molecule has 0 saturated carbocycles. The van der Waals surface area contributed by atoms with Gasteiger partial charge in [-0.2, -0.15) is 5.10 Å². The SMILES string of the molecule is CN(C)CC1=NN(c2ccccc2)C(=Nc2ccc(OC(N)N=N)cc2)C1. The first-order valence-corrected chi connectivity index (χ1v) is 8.58. The van der Waals surface area contributed by atoms with Crippen molar-refractivity contribution in [1.82, 2.24) is 4.90 Å². The highest BCUT2D eigenvalue weighted by atomic mass is 16.5. The first-order valence-electron chi connectivity index (χ1n) is 8.58. The number of hydrogen-bond donors (Lipinski definition) is 2. The van der Waals surface area contributed by atoms with Crippen LogP contribution in [0.5, 0.6) is 5.75 Å². The van der Waals surface area contributed by atoms with E-state index >= 15 is 0 Å². The minimum atomic E-state index is -0.993. The predicted octanol–water partition coefficient (Wildman–Crippen LogP) is 3.20. The summed E-state index contributed by atoms with van der Waals surface area (Å²) >= 11 is 0. The predicted molar refractivity (Wildman–Crippen MR) is 107 cm³/mol. The van der Waals surface area contributed by atoms with E-state index in [0.29, 0.717) is 12.2 Å². The van der Waals surface area contributed by atoms with Gasteiger partial charge >= 0.3 is 0 Å². The maximum absolute atomic E-state index is 6.85. The van der Waals surface area contributed by atoms with Gasteiger partial charge < -0.3 is 9.64 Å². The molecule has 1 aliphatic heterocycles. The molecule has 1 aliphatic rings. The molecule has 1 atom stereocenters. The Morgan fingerprint density at radius 3 is 2.52 bits per heavy atom. The van der Waals surface area contributed by atoms with Crippen molar-refractivity contribution in [3.63, 3.8) is 0 Å². The van der Waals surface area contributed by atoms with Gasteiger partial charge in [-0.15, -0.1) is 5.11 Å². The highest BCUT2D eigenvalue weighted by Gasteiger charge is 2.23. The molecule has 3 N–H and O–H groups in total. The number of hydrogen-bond acceptors (Lipinski definition) is 7. The fourth-order valence-electron chi connectivity index (χ4n) is 2.72. The van der Waals surface area contributed by atoms with Gasteiger partial charge in [0.05, 0.1) is 17.1 Å². The lowest BCUT2D eigenvalue weighted by molar-refractivity contribution is 0.207. The Labute approximate surface area is 158 Å². The molecule has 0 saturated heterocycles. The normalized spacial score (nSPS) is 16.5. The van der Waals surface area contributed by atoms with Gasteiger partial charge in [0.15, 0.2) is 0 Å². The van der Waals surface area contributed by atoms with Crippen molar-refractivity contribution in [3.8, 4) is 5.75 Å². The van der Waals surface area contributed by atoms with Crippen LogP contribution in [0, 0.1) is 5.53 Å². The number of para-hydroxylation sites is 1. The van der Waals surface area contributed by atoms with Crippen LogP contribution in [0.4, 0.5) is 11.4 Å². The number of nitrogens with one attached hydrogen (secondary N) is 1. The van der Waals surface area contributed by atoms with Crippen LogP contribution in [0.1, 0.15) is 6.42 Å². The third-order valence-corrected chi connectivity index (χ3v) is 3.83. The third kappa shape index (κ3) is 4.96. The Morgan fingerprint density at radius 2 is 1.89 bits per heavy atom. The molecule has 1 unspecified atom stereocenters. The number of benzene rings is 2. The first kappa shape index (κ1) is 18.7. The monoisotopic (exact) mass is 365 g/mol. The van der Waals surface area contributed by atoms with Gasteiger partial charge in [-0.1, -0.05) is 18.2 Å². The van der Waals surface area contributed by atoms with Crippen LogP contribution in [-0.4, -0.2) is 43.4 Å². The van der Waals surface area contributed by atoms with Crippen LogP contribution in [0.25, 0.3) is 0 Å². The van der Waals surface area contributed by atoms with Gasteiger partial charge in [0.25, 0.3) is 6.35 Å². The van der Waals surface area contributed by atoms with Gasteiger partial charge in [0.1, 0.15) is 11.6 Å². The second kappa shape index (κ2) is 8.52. The molecule has 0 amide bonds. The van der Waals surface area contributed by atoms with Crippen molar-refractivity contribution < 1.29 is 4.74 Å². The quantitative estimate of drug-likeness (QED) is 0.581. The molecule has 0 radical (unpaired) electrons. The van der Waals surface area contributed by atoms with Crippen LogP contribution in [0.2, 0.25) is 0 Å². The highest BCUT2D eigenvalue weighted by molar-refractivity contribution is 6.16. The Kier molecular flexibility index (Phi) is 5.90.